The molecule has 1 aromatic heterocycles. The van der Waals surface area contributed by atoms with Crippen LogP contribution >= 0.6 is 11.3 Å². The van der Waals surface area contributed by atoms with E-state index in [0.717, 1.165) is 21.6 Å². The molecule has 0 fully saturated rings. The average Bonchev–Trinajstić information content (AvgIpc) is 2.98. The van der Waals surface area contributed by atoms with Crippen LogP contribution in [-0.4, -0.2) is 24.5 Å². The number of hydrogen-bond acceptors (Lipinski definition) is 5. The number of carbonyl (C=O) groups excluding carboxylic acids is 3. The Labute approximate surface area is 155 Å². The number of urea groups is 1. The molecular weight excluding hydrogens is 352 g/mol. The van der Waals surface area contributed by atoms with Crippen molar-refractivity contribution in [1.29, 1.82) is 0 Å². The number of benzene rings is 1. The van der Waals surface area contributed by atoms with Crippen LogP contribution in [-0.2, 0) is 14.3 Å². The van der Waals surface area contributed by atoms with Crippen LogP contribution in [0.15, 0.2) is 35.7 Å². The van der Waals surface area contributed by atoms with Crippen molar-refractivity contribution in [3.05, 3.63) is 57.3 Å². The van der Waals surface area contributed by atoms with E-state index in [4.69, 9.17) is 4.74 Å². The molecule has 0 atom stereocenters. The molecule has 3 amide bonds. The van der Waals surface area contributed by atoms with Crippen LogP contribution in [0.25, 0.3) is 6.08 Å². The van der Waals surface area contributed by atoms with Crippen molar-refractivity contribution < 1.29 is 19.1 Å². The molecule has 0 radical (unpaired) electrons. The lowest BCUT2D eigenvalue weighted by atomic mass is 10.1. The number of imide groups is 1. The van der Waals surface area contributed by atoms with Gasteiger partial charge in [0.15, 0.2) is 6.61 Å². The lowest BCUT2D eigenvalue weighted by Crippen LogP contribution is -2.37. The largest absolute Gasteiger partial charge is 0.452 e. The van der Waals surface area contributed by atoms with Crippen molar-refractivity contribution >= 4 is 41.0 Å². The first-order valence-corrected chi connectivity index (χ1v) is 8.80. The molecular formula is C19H20N2O4S. The van der Waals surface area contributed by atoms with Gasteiger partial charge in [-0.25, -0.2) is 9.59 Å². The summed E-state index contributed by atoms with van der Waals surface area (Å²) in [4.78, 5) is 36.1. The molecule has 1 heterocycles. The summed E-state index contributed by atoms with van der Waals surface area (Å²) >= 11 is 1.50. The second kappa shape index (κ2) is 8.96. The fourth-order valence-corrected chi connectivity index (χ4v) is 2.97. The van der Waals surface area contributed by atoms with Crippen LogP contribution in [0.3, 0.4) is 0 Å². The van der Waals surface area contributed by atoms with Crippen molar-refractivity contribution in [3.63, 3.8) is 0 Å². The van der Waals surface area contributed by atoms with E-state index in [0.29, 0.717) is 5.69 Å². The second-order valence-corrected chi connectivity index (χ2v) is 6.68. The van der Waals surface area contributed by atoms with Crippen molar-refractivity contribution in [2.45, 2.75) is 20.8 Å². The van der Waals surface area contributed by atoms with Crippen LogP contribution in [0.2, 0.25) is 0 Å². The number of thiophene rings is 1. The van der Waals surface area contributed by atoms with Gasteiger partial charge >= 0.3 is 12.0 Å². The van der Waals surface area contributed by atoms with Crippen LogP contribution in [0, 0.1) is 20.8 Å². The van der Waals surface area contributed by atoms with Crippen molar-refractivity contribution in [1.82, 2.24) is 5.32 Å². The van der Waals surface area contributed by atoms with Crippen LogP contribution < -0.4 is 10.6 Å². The minimum atomic E-state index is -0.707. The van der Waals surface area contributed by atoms with Gasteiger partial charge in [0.05, 0.1) is 0 Å². The Kier molecular flexibility index (Phi) is 6.68. The summed E-state index contributed by atoms with van der Waals surface area (Å²) in [6.07, 6.45) is 2.88. The van der Waals surface area contributed by atoms with Gasteiger partial charge in [0.25, 0.3) is 5.91 Å². The van der Waals surface area contributed by atoms with Crippen molar-refractivity contribution in [2.24, 2.45) is 0 Å². The molecule has 0 aliphatic heterocycles. The molecule has 0 aliphatic carbocycles. The third kappa shape index (κ3) is 5.86. The molecule has 6 nitrogen and oxygen atoms in total. The first-order valence-electron chi connectivity index (χ1n) is 7.92. The Morgan fingerprint density at radius 1 is 1.12 bits per heavy atom. The van der Waals surface area contributed by atoms with E-state index in [9.17, 15) is 14.4 Å². The van der Waals surface area contributed by atoms with Gasteiger partial charge in [0.1, 0.15) is 0 Å². The maximum Gasteiger partial charge on any atom is 0.331 e. The molecule has 2 rings (SSSR count). The van der Waals surface area contributed by atoms with Crippen LogP contribution in [0.1, 0.15) is 21.6 Å². The highest BCUT2D eigenvalue weighted by Crippen LogP contribution is 2.17. The Morgan fingerprint density at radius 2 is 1.88 bits per heavy atom. The standard InChI is InChI=1S/C19H20N2O4S/c1-12-4-5-15(14(3)10-12)20-19(24)21-17(22)11-25-18(23)7-6-16-13(2)8-9-26-16/h4-10H,11H2,1-3H3,(H2,20,21,22,24)/b7-6+. The first-order chi connectivity index (χ1) is 12.3. The predicted octanol–water partition coefficient (Wildman–Crippen LogP) is 3.58. The number of amides is 3. The zero-order valence-corrected chi connectivity index (χ0v) is 15.6. The predicted molar refractivity (Wildman–Crippen MR) is 102 cm³/mol. The van der Waals surface area contributed by atoms with Gasteiger partial charge in [0.2, 0.25) is 0 Å². The molecule has 136 valence electrons. The normalized spacial score (nSPS) is 10.6. The van der Waals surface area contributed by atoms with Gasteiger partial charge in [-0.05, 0) is 55.5 Å². The zero-order chi connectivity index (χ0) is 19.1. The summed E-state index contributed by atoms with van der Waals surface area (Å²) in [7, 11) is 0. The number of aryl methyl sites for hydroxylation is 3. The fourth-order valence-electron chi connectivity index (χ4n) is 2.15. The minimum absolute atomic E-state index is 0.535. The Balaban J connectivity index is 1.77. The molecule has 0 spiro atoms. The molecule has 7 heteroatoms. The average molecular weight is 372 g/mol. The zero-order valence-electron chi connectivity index (χ0n) is 14.8. The summed E-state index contributed by atoms with van der Waals surface area (Å²) in [5.74, 6) is -1.36. The van der Waals surface area contributed by atoms with Gasteiger partial charge in [-0.15, -0.1) is 11.3 Å². The summed E-state index contributed by atoms with van der Waals surface area (Å²) < 4.78 is 4.82. The maximum atomic E-state index is 11.8. The third-order valence-electron chi connectivity index (χ3n) is 3.50. The summed E-state index contributed by atoms with van der Waals surface area (Å²) in [6.45, 7) is 5.20. The number of hydrogen-bond donors (Lipinski definition) is 2. The van der Waals surface area contributed by atoms with Gasteiger partial charge in [-0.1, -0.05) is 17.7 Å². The summed E-state index contributed by atoms with van der Waals surface area (Å²) in [6, 6.07) is 6.79. The van der Waals surface area contributed by atoms with E-state index in [1.807, 2.05) is 44.4 Å². The molecule has 2 N–H and O–H groups in total. The first kappa shape index (κ1) is 19.4. The number of rotatable bonds is 5. The van der Waals surface area contributed by atoms with Gasteiger partial charge in [-0.2, -0.15) is 0 Å². The molecule has 26 heavy (non-hydrogen) atoms. The van der Waals surface area contributed by atoms with E-state index in [1.54, 1.807) is 12.1 Å². The molecule has 2 aromatic rings. The quantitative estimate of drug-likeness (QED) is 0.621. The number of carbonyl (C=O) groups is 3. The van der Waals surface area contributed by atoms with Gasteiger partial charge in [0, 0.05) is 16.6 Å². The summed E-state index contributed by atoms with van der Waals surface area (Å²) in [5, 5.41) is 6.62. The highest BCUT2D eigenvalue weighted by atomic mass is 32.1. The Morgan fingerprint density at radius 3 is 2.54 bits per heavy atom. The van der Waals surface area contributed by atoms with E-state index >= 15 is 0 Å². The topological polar surface area (TPSA) is 84.5 Å². The van der Waals surface area contributed by atoms with E-state index in [-0.39, 0.29) is 0 Å². The molecule has 0 saturated heterocycles. The molecule has 0 bridgehead atoms. The second-order valence-electron chi connectivity index (χ2n) is 5.73. The highest BCUT2D eigenvalue weighted by Gasteiger charge is 2.11. The SMILES string of the molecule is Cc1ccc(NC(=O)NC(=O)COC(=O)/C=C/c2sccc2C)c(C)c1. The molecule has 0 saturated carbocycles. The minimum Gasteiger partial charge on any atom is -0.452 e. The smallest absolute Gasteiger partial charge is 0.331 e. The van der Waals surface area contributed by atoms with Crippen LogP contribution in [0.5, 0.6) is 0 Å². The number of ether oxygens (including phenoxy) is 1. The molecule has 0 aliphatic rings. The van der Waals surface area contributed by atoms with Crippen molar-refractivity contribution in [2.75, 3.05) is 11.9 Å². The van der Waals surface area contributed by atoms with E-state index in [2.05, 4.69) is 10.6 Å². The number of anilines is 1. The van der Waals surface area contributed by atoms with E-state index in [1.165, 1.54) is 17.4 Å². The Bertz CT molecular complexity index is 855. The third-order valence-corrected chi connectivity index (χ3v) is 4.49. The van der Waals surface area contributed by atoms with Crippen LogP contribution in [0.4, 0.5) is 10.5 Å². The molecule has 0 unspecified atom stereocenters. The van der Waals surface area contributed by atoms with Crippen molar-refractivity contribution in [3.8, 4) is 0 Å². The lowest BCUT2D eigenvalue weighted by molar-refractivity contribution is -0.143. The van der Waals surface area contributed by atoms with Gasteiger partial charge in [-0.3, -0.25) is 10.1 Å². The fraction of sp³-hybridized carbons (Fsp3) is 0.211. The molecule has 1 aromatic carbocycles. The summed E-state index contributed by atoms with van der Waals surface area (Å²) in [5.41, 5.74) is 3.61. The Hall–Kier alpha value is -2.93. The monoisotopic (exact) mass is 372 g/mol. The highest BCUT2D eigenvalue weighted by molar-refractivity contribution is 7.11. The van der Waals surface area contributed by atoms with Gasteiger partial charge < -0.3 is 10.1 Å². The lowest BCUT2D eigenvalue weighted by Gasteiger charge is -2.09. The number of nitrogens with one attached hydrogen (secondary N) is 2. The number of esters is 1. The van der Waals surface area contributed by atoms with E-state index < -0.39 is 24.5 Å². The maximum absolute atomic E-state index is 11.8.